The topological polar surface area (TPSA) is 32.9 Å². The van der Waals surface area contributed by atoms with Crippen LogP contribution in [0.15, 0.2) is 29.8 Å². The van der Waals surface area contributed by atoms with Crippen LogP contribution in [0.5, 0.6) is 0 Å². The van der Waals surface area contributed by atoms with E-state index in [1.165, 1.54) is 17.4 Å². The molecule has 2 saturated carbocycles. The van der Waals surface area contributed by atoms with E-state index in [0.29, 0.717) is 17.6 Å². The van der Waals surface area contributed by atoms with Gasteiger partial charge in [-0.1, -0.05) is 18.2 Å². The number of H-pyrrole nitrogens is 1. The van der Waals surface area contributed by atoms with E-state index in [0.717, 1.165) is 29.6 Å². The lowest BCUT2D eigenvalue weighted by atomic mass is 9.91. The number of fused-ring (bicyclic) bond motifs is 3. The van der Waals surface area contributed by atoms with Crippen LogP contribution in [0.25, 0.3) is 17.0 Å². The fourth-order valence-electron chi connectivity index (χ4n) is 3.77. The highest BCUT2D eigenvalue weighted by atomic mass is 16.1. The molecule has 1 heterocycles. The van der Waals surface area contributed by atoms with Crippen molar-refractivity contribution in [2.75, 3.05) is 0 Å². The maximum atomic E-state index is 12.3. The predicted octanol–water partition coefficient (Wildman–Crippen LogP) is 3.86. The van der Waals surface area contributed by atoms with Gasteiger partial charge in [0.25, 0.3) is 0 Å². The number of rotatable bonds is 1. The molecule has 2 aliphatic carbocycles. The second kappa shape index (κ2) is 3.83. The first kappa shape index (κ1) is 11.0. The van der Waals surface area contributed by atoms with E-state index in [4.69, 9.17) is 0 Å². The maximum Gasteiger partial charge on any atom is 0.162 e. The molecule has 4 rings (SSSR count). The molecule has 2 nitrogen and oxygen atoms in total. The van der Waals surface area contributed by atoms with Crippen LogP contribution < -0.4 is 0 Å². The van der Waals surface area contributed by atoms with E-state index in [1.54, 1.807) is 0 Å². The molecular formula is C17H17NO. The van der Waals surface area contributed by atoms with Gasteiger partial charge in [0.1, 0.15) is 0 Å². The number of aromatic nitrogens is 1. The van der Waals surface area contributed by atoms with Gasteiger partial charge >= 0.3 is 0 Å². The van der Waals surface area contributed by atoms with E-state index in [1.807, 2.05) is 6.07 Å². The number of hydrogen-bond donors (Lipinski definition) is 1. The van der Waals surface area contributed by atoms with Crippen LogP contribution in [0.1, 0.15) is 30.5 Å². The van der Waals surface area contributed by atoms with E-state index in [9.17, 15) is 4.79 Å². The summed E-state index contributed by atoms with van der Waals surface area (Å²) in [5.74, 6) is 1.24. The zero-order valence-corrected chi connectivity index (χ0v) is 11.1. The summed E-state index contributed by atoms with van der Waals surface area (Å²) in [6, 6.07) is 8.31. The lowest BCUT2D eigenvalue weighted by molar-refractivity contribution is -0.118. The number of benzene rings is 1. The minimum absolute atomic E-state index is 0.321. The van der Waals surface area contributed by atoms with Gasteiger partial charge in [-0.2, -0.15) is 0 Å². The summed E-state index contributed by atoms with van der Waals surface area (Å²) in [5, 5.41) is 1.23. The van der Waals surface area contributed by atoms with Crippen LogP contribution in [-0.4, -0.2) is 10.8 Å². The Morgan fingerprint density at radius 2 is 2.00 bits per heavy atom. The summed E-state index contributed by atoms with van der Waals surface area (Å²) in [7, 11) is 0. The second-order valence-corrected chi connectivity index (χ2v) is 5.88. The quantitative estimate of drug-likeness (QED) is 0.767. The fraction of sp³-hybridized carbons (Fsp3) is 0.353. The molecule has 96 valence electrons. The number of Topliss-reactive ketones (excluding diaryl/α,β-unsaturated/α-hetero) is 1. The zero-order chi connectivity index (χ0) is 13.0. The predicted molar refractivity (Wildman–Crippen MR) is 76.9 cm³/mol. The first-order valence-corrected chi connectivity index (χ1v) is 7.07. The summed E-state index contributed by atoms with van der Waals surface area (Å²) in [6.07, 6.45) is 5.55. The molecule has 2 bridgehead atoms. The van der Waals surface area contributed by atoms with Gasteiger partial charge in [0.2, 0.25) is 0 Å². The molecule has 1 aromatic carbocycles. The van der Waals surface area contributed by atoms with Crippen molar-refractivity contribution < 1.29 is 4.79 Å². The standard InChI is InChI=1S/C17H17NO/c1-10-14(13-4-2-3-5-16(13)18-10)9-15-11-6-7-12(8-11)17(15)19/h2-5,9,11-12,18H,6-8H2,1H3/b15-9-. The van der Waals surface area contributed by atoms with Crippen LogP contribution in [0.4, 0.5) is 0 Å². The van der Waals surface area contributed by atoms with Crippen molar-refractivity contribution in [3.63, 3.8) is 0 Å². The number of aromatic amines is 1. The number of allylic oxidation sites excluding steroid dienone is 1. The van der Waals surface area contributed by atoms with Crippen molar-refractivity contribution in [3.8, 4) is 0 Å². The molecule has 2 heteroatoms. The number of aryl methyl sites for hydroxylation is 1. The summed E-state index contributed by atoms with van der Waals surface area (Å²) < 4.78 is 0. The van der Waals surface area contributed by atoms with E-state index >= 15 is 0 Å². The van der Waals surface area contributed by atoms with E-state index in [-0.39, 0.29) is 0 Å². The lowest BCUT2D eigenvalue weighted by Crippen LogP contribution is -2.11. The van der Waals surface area contributed by atoms with Gasteiger partial charge in [0.05, 0.1) is 0 Å². The minimum Gasteiger partial charge on any atom is -0.358 e. The molecule has 19 heavy (non-hydrogen) atoms. The number of para-hydroxylation sites is 1. The van der Waals surface area contributed by atoms with Crippen molar-refractivity contribution in [2.24, 2.45) is 11.8 Å². The summed E-state index contributed by atoms with van der Waals surface area (Å²) >= 11 is 0. The van der Waals surface area contributed by atoms with Crippen molar-refractivity contribution in [1.82, 2.24) is 4.98 Å². The van der Waals surface area contributed by atoms with Gasteiger partial charge in [-0.15, -0.1) is 0 Å². The average molecular weight is 251 g/mol. The highest BCUT2D eigenvalue weighted by Crippen LogP contribution is 2.46. The molecule has 2 atom stereocenters. The summed E-state index contributed by atoms with van der Waals surface area (Å²) in [4.78, 5) is 15.7. The molecule has 2 fully saturated rings. The highest BCUT2D eigenvalue weighted by molar-refractivity contribution is 6.06. The molecule has 1 N–H and O–H groups in total. The van der Waals surface area contributed by atoms with Gasteiger partial charge in [0.15, 0.2) is 5.78 Å². The third-order valence-electron chi connectivity index (χ3n) is 4.77. The summed E-state index contributed by atoms with van der Waals surface area (Å²) in [5.41, 5.74) is 4.59. The van der Waals surface area contributed by atoms with Crippen LogP contribution in [-0.2, 0) is 4.79 Å². The average Bonchev–Trinajstić information content (AvgIpc) is 3.06. The van der Waals surface area contributed by atoms with Crippen molar-refractivity contribution in [2.45, 2.75) is 26.2 Å². The smallest absolute Gasteiger partial charge is 0.162 e. The molecule has 2 unspecified atom stereocenters. The van der Waals surface area contributed by atoms with Crippen LogP contribution >= 0.6 is 0 Å². The maximum absolute atomic E-state index is 12.3. The molecule has 2 aliphatic rings. The van der Waals surface area contributed by atoms with Crippen LogP contribution in [0.3, 0.4) is 0 Å². The van der Waals surface area contributed by atoms with Crippen molar-refractivity contribution in [1.29, 1.82) is 0 Å². The Labute approximate surface area is 112 Å². The van der Waals surface area contributed by atoms with Gasteiger partial charge in [-0.05, 0) is 49.8 Å². The molecule has 0 spiro atoms. The van der Waals surface area contributed by atoms with E-state index < -0.39 is 0 Å². The number of nitrogens with one attached hydrogen (secondary N) is 1. The lowest BCUT2D eigenvalue weighted by Gasteiger charge is -2.12. The van der Waals surface area contributed by atoms with Crippen molar-refractivity contribution >= 4 is 22.8 Å². The Morgan fingerprint density at radius 1 is 1.21 bits per heavy atom. The molecule has 2 aromatic rings. The monoisotopic (exact) mass is 251 g/mol. The van der Waals surface area contributed by atoms with Gasteiger partial charge in [-0.3, -0.25) is 4.79 Å². The minimum atomic E-state index is 0.321. The first-order valence-electron chi connectivity index (χ1n) is 7.07. The van der Waals surface area contributed by atoms with Crippen molar-refractivity contribution in [3.05, 3.63) is 41.1 Å². The highest BCUT2D eigenvalue weighted by Gasteiger charge is 2.42. The van der Waals surface area contributed by atoms with Gasteiger partial charge in [0, 0.05) is 28.1 Å². The van der Waals surface area contributed by atoms with Crippen LogP contribution in [0, 0.1) is 18.8 Å². The molecular weight excluding hydrogens is 234 g/mol. The number of ketones is 1. The summed E-state index contributed by atoms with van der Waals surface area (Å²) in [6.45, 7) is 2.09. The Morgan fingerprint density at radius 3 is 2.79 bits per heavy atom. The molecule has 1 aromatic heterocycles. The molecule has 0 aliphatic heterocycles. The first-order chi connectivity index (χ1) is 9.24. The SMILES string of the molecule is Cc1[nH]c2ccccc2c1/C=C1\C(=O)C2CCC1C2. The second-order valence-electron chi connectivity index (χ2n) is 5.88. The Bertz CT molecular complexity index is 707. The van der Waals surface area contributed by atoms with Crippen LogP contribution in [0.2, 0.25) is 0 Å². The normalized spacial score (nSPS) is 27.8. The fourth-order valence-corrected chi connectivity index (χ4v) is 3.77. The molecule has 0 radical (unpaired) electrons. The molecule has 0 amide bonds. The zero-order valence-electron chi connectivity index (χ0n) is 11.1. The Balaban J connectivity index is 1.88. The largest absolute Gasteiger partial charge is 0.358 e. The van der Waals surface area contributed by atoms with Gasteiger partial charge < -0.3 is 4.98 Å². The van der Waals surface area contributed by atoms with Gasteiger partial charge in [-0.25, -0.2) is 0 Å². The number of carbonyl (C=O) groups is 1. The molecule has 0 saturated heterocycles. The Hall–Kier alpha value is -1.83. The van der Waals surface area contributed by atoms with E-state index in [2.05, 4.69) is 36.2 Å². The number of carbonyl (C=O) groups excluding carboxylic acids is 1. The third kappa shape index (κ3) is 1.52. The third-order valence-corrected chi connectivity index (χ3v) is 4.77. The Kier molecular flexibility index (Phi) is 2.22. The number of hydrogen-bond acceptors (Lipinski definition) is 1.